The van der Waals surface area contributed by atoms with Crippen molar-refractivity contribution < 1.29 is 13.6 Å². The van der Waals surface area contributed by atoms with Gasteiger partial charge >= 0.3 is 0 Å². The molecule has 0 saturated heterocycles. The fourth-order valence-corrected chi connectivity index (χ4v) is 1.31. The third kappa shape index (κ3) is 1.33. The maximum atomic E-state index is 11.8. The molecular weight excluding hydrogens is 138 g/mol. The van der Waals surface area contributed by atoms with Gasteiger partial charge in [0.25, 0.3) is 0 Å². The van der Waals surface area contributed by atoms with Gasteiger partial charge in [-0.25, -0.2) is 8.78 Å². The van der Waals surface area contributed by atoms with Gasteiger partial charge in [-0.1, -0.05) is 6.42 Å². The molecule has 1 aliphatic rings. The fourth-order valence-electron chi connectivity index (χ4n) is 1.31. The molecule has 0 unspecified atom stereocenters. The van der Waals surface area contributed by atoms with Crippen LogP contribution in [-0.2, 0) is 4.79 Å². The van der Waals surface area contributed by atoms with Crippen molar-refractivity contribution in [1.29, 1.82) is 0 Å². The van der Waals surface area contributed by atoms with Crippen molar-refractivity contribution in [3.05, 3.63) is 0 Å². The van der Waals surface area contributed by atoms with E-state index in [0.717, 1.165) is 6.42 Å². The van der Waals surface area contributed by atoms with Crippen LogP contribution < -0.4 is 0 Å². The molecule has 0 spiro atoms. The van der Waals surface area contributed by atoms with E-state index in [2.05, 4.69) is 0 Å². The summed E-state index contributed by atoms with van der Waals surface area (Å²) in [6.07, 6.45) is 0.359. The zero-order valence-electron chi connectivity index (χ0n) is 5.65. The third-order valence-electron chi connectivity index (χ3n) is 2.16. The Bertz CT molecular complexity index is 130. The highest BCUT2D eigenvalue weighted by atomic mass is 19.3. The second kappa shape index (κ2) is 2.64. The van der Waals surface area contributed by atoms with E-state index in [1.54, 1.807) is 0 Å². The Morgan fingerprint density at radius 1 is 1.50 bits per heavy atom. The number of alkyl halides is 2. The Kier molecular flexibility index (Phi) is 2.02. The van der Waals surface area contributed by atoms with Crippen LogP contribution in [0.5, 0.6) is 0 Å². The molecular formula is C7H10F2O. The van der Waals surface area contributed by atoms with E-state index in [0.29, 0.717) is 19.1 Å². The largest absolute Gasteiger partial charge is 0.303 e. The van der Waals surface area contributed by atoms with Gasteiger partial charge in [0.05, 0.1) is 0 Å². The van der Waals surface area contributed by atoms with Gasteiger partial charge in [-0.05, 0) is 12.8 Å². The molecule has 0 aliphatic heterocycles. The second-order valence-electron chi connectivity index (χ2n) is 2.93. The summed E-state index contributed by atoms with van der Waals surface area (Å²) in [4.78, 5) is 10.3. The monoisotopic (exact) mass is 148 g/mol. The van der Waals surface area contributed by atoms with Crippen molar-refractivity contribution in [3.8, 4) is 0 Å². The smallest absolute Gasteiger partial charge is 0.239 e. The Labute approximate surface area is 58.4 Å². The van der Waals surface area contributed by atoms with Gasteiger partial charge in [-0.15, -0.1) is 0 Å². The zero-order chi connectivity index (χ0) is 7.61. The lowest BCUT2D eigenvalue weighted by molar-refractivity contribution is -0.123. The van der Waals surface area contributed by atoms with Crippen LogP contribution in [0.25, 0.3) is 0 Å². The number of halogens is 2. The lowest BCUT2D eigenvalue weighted by atomic mass is 9.68. The van der Waals surface area contributed by atoms with Crippen LogP contribution >= 0.6 is 0 Å². The molecule has 0 heterocycles. The first kappa shape index (κ1) is 7.63. The number of hydrogen-bond donors (Lipinski definition) is 0. The van der Waals surface area contributed by atoms with E-state index in [1.807, 2.05) is 0 Å². The molecule has 1 fully saturated rings. The molecule has 1 nitrogen and oxygen atoms in total. The van der Waals surface area contributed by atoms with Crippen LogP contribution in [-0.4, -0.2) is 12.7 Å². The Morgan fingerprint density at radius 2 is 2.10 bits per heavy atom. The van der Waals surface area contributed by atoms with Crippen LogP contribution in [0.3, 0.4) is 0 Å². The minimum absolute atomic E-state index is 0.240. The molecule has 0 bridgehead atoms. The maximum absolute atomic E-state index is 11.8. The number of rotatable bonds is 3. The minimum atomic E-state index is -2.33. The molecule has 1 rings (SSSR count). The van der Waals surface area contributed by atoms with Gasteiger partial charge in [-0.2, -0.15) is 0 Å². The molecule has 58 valence electrons. The van der Waals surface area contributed by atoms with E-state index in [1.165, 1.54) is 0 Å². The number of carbonyl (C=O) groups excluding carboxylic acids is 1. The highest BCUT2D eigenvalue weighted by Crippen LogP contribution is 2.43. The normalized spacial score (nSPS) is 22.3. The quantitative estimate of drug-likeness (QED) is 0.559. The molecule has 3 heteroatoms. The van der Waals surface area contributed by atoms with Crippen molar-refractivity contribution in [2.75, 3.05) is 0 Å². The van der Waals surface area contributed by atoms with Gasteiger partial charge in [0.1, 0.15) is 6.29 Å². The Balaban J connectivity index is 2.40. The van der Waals surface area contributed by atoms with Crippen LogP contribution in [0.15, 0.2) is 0 Å². The van der Waals surface area contributed by atoms with Crippen molar-refractivity contribution in [2.24, 2.45) is 5.41 Å². The van der Waals surface area contributed by atoms with Gasteiger partial charge in [0.15, 0.2) is 0 Å². The lowest BCUT2D eigenvalue weighted by Crippen LogP contribution is -2.32. The molecule has 1 aliphatic carbocycles. The molecule has 0 amide bonds. The van der Waals surface area contributed by atoms with Gasteiger partial charge in [0, 0.05) is 11.8 Å². The first-order valence-corrected chi connectivity index (χ1v) is 3.43. The average molecular weight is 148 g/mol. The highest BCUT2D eigenvalue weighted by molar-refractivity contribution is 5.60. The first-order chi connectivity index (χ1) is 4.68. The summed E-state index contributed by atoms with van der Waals surface area (Å²) in [5.74, 6) is 0. The van der Waals surface area contributed by atoms with Crippen molar-refractivity contribution >= 4 is 6.29 Å². The maximum Gasteiger partial charge on any atom is 0.239 e. The van der Waals surface area contributed by atoms with E-state index in [-0.39, 0.29) is 6.42 Å². The third-order valence-corrected chi connectivity index (χ3v) is 2.16. The van der Waals surface area contributed by atoms with E-state index in [9.17, 15) is 13.6 Å². The SMILES string of the molecule is O=CC1(CC(F)F)CCC1. The Hall–Kier alpha value is -0.470. The number of hydrogen-bond acceptors (Lipinski definition) is 1. The standard InChI is InChI=1S/C7H10F2O/c8-6(9)4-7(5-10)2-1-3-7/h5-6H,1-4H2. The predicted octanol–water partition coefficient (Wildman–Crippen LogP) is 2.01. The second-order valence-corrected chi connectivity index (χ2v) is 2.93. The van der Waals surface area contributed by atoms with E-state index >= 15 is 0 Å². The molecule has 0 radical (unpaired) electrons. The number of carbonyl (C=O) groups is 1. The van der Waals surface area contributed by atoms with E-state index in [4.69, 9.17) is 0 Å². The van der Waals surface area contributed by atoms with Crippen molar-refractivity contribution in [3.63, 3.8) is 0 Å². The van der Waals surface area contributed by atoms with Crippen molar-refractivity contribution in [2.45, 2.75) is 32.1 Å². The van der Waals surface area contributed by atoms with E-state index < -0.39 is 11.8 Å². The molecule has 0 aromatic rings. The summed E-state index contributed by atoms with van der Waals surface area (Å²) in [7, 11) is 0. The Morgan fingerprint density at radius 3 is 2.20 bits per heavy atom. The summed E-state index contributed by atoms with van der Waals surface area (Å²) in [6, 6.07) is 0. The fraction of sp³-hybridized carbons (Fsp3) is 0.857. The average Bonchev–Trinajstić information content (AvgIpc) is 1.78. The topological polar surface area (TPSA) is 17.1 Å². The summed E-state index contributed by atoms with van der Waals surface area (Å²) in [5, 5.41) is 0. The van der Waals surface area contributed by atoms with Gasteiger partial charge in [0.2, 0.25) is 6.43 Å². The first-order valence-electron chi connectivity index (χ1n) is 3.43. The van der Waals surface area contributed by atoms with Crippen LogP contribution in [0.4, 0.5) is 8.78 Å². The number of aldehydes is 1. The highest BCUT2D eigenvalue weighted by Gasteiger charge is 2.38. The van der Waals surface area contributed by atoms with Gasteiger partial charge < -0.3 is 4.79 Å². The van der Waals surface area contributed by atoms with Crippen LogP contribution in [0.1, 0.15) is 25.7 Å². The molecule has 10 heavy (non-hydrogen) atoms. The lowest BCUT2D eigenvalue weighted by Gasteiger charge is -2.36. The molecule has 1 saturated carbocycles. The minimum Gasteiger partial charge on any atom is -0.303 e. The molecule has 0 atom stereocenters. The molecule has 0 N–H and O–H groups in total. The molecule has 0 aromatic carbocycles. The van der Waals surface area contributed by atoms with Gasteiger partial charge in [-0.3, -0.25) is 0 Å². The zero-order valence-corrected chi connectivity index (χ0v) is 5.65. The summed E-state index contributed by atoms with van der Waals surface area (Å²) in [6.45, 7) is 0. The summed E-state index contributed by atoms with van der Waals surface area (Å²) < 4.78 is 23.6. The van der Waals surface area contributed by atoms with Crippen LogP contribution in [0, 0.1) is 5.41 Å². The predicted molar refractivity (Wildman–Crippen MR) is 33.0 cm³/mol. The molecule has 0 aromatic heterocycles. The van der Waals surface area contributed by atoms with Crippen molar-refractivity contribution in [1.82, 2.24) is 0 Å². The summed E-state index contributed by atoms with van der Waals surface area (Å²) >= 11 is 0. The summed E-state index contributed by atoms with van der Waals surface area (Å²) in [5.41, 5.74) is -0.645. The van der Waals surface area contributed by atoms with Crippen LogP contribution in [0.2, 0.25) is 0 Å².